The SMILES string of the molecule is O=C(NC/C=C(\F)c1ccccc1)OCC(Cl)(Cl)Cl. The Hall–Kier alpha value is -0.970. The van der Waals surface area contributed by atoms with Gasteiger partial charge in [-0.3, -0.25) is 0 Å². The monoisotopic (exact) mass is 325 g/mol. The van der Waals surface area contributed by atoms with Crippen molar-refractivity contribution >= 4 is 46.7 Å². The van der Waals surface area contributed by atoms with Crippen molar-refractivity contribution in [2.45, 2.75) is 3.79 Å². The third-order valence-corrected chi connectivity index (χ3v) is 2.27. The number of nitrogens with one attached hydrogen (secondary N) is 1. The average Bonchev–Trinajstić information content (AvgIpc) is 2.36. The first kappa shape index (κ1) is 16.1. The van der Waals surface area contributed by atoms with Gasteiger partial charge in [-0.1, -0.05) is 65.1 Å². The molecule has 0 saturated carbocycles. The van der Waals surface area contributed by atoms with E-state index in [4.69, 9.17) is 34.8 Å². The minimum atomic E-state index is -1.66. The van der Waals surface area contributed by atoms with Crippen molar-refractivity contribution in [1.29, 1.82) is 0 Å². The first-order valence-corrected chi connectivity index (χ1v) is 6.40. The Morgan fingerprint density at radius 1 is 1.32 bits per heavy atom. The number of halogens is 4. The van der Waals surface area contributed by atoms with Gasteiger partial charge in [-0.15, -0.1) is 0 Å². The van der Waals surface area contributed by atoms with Crippen molar-refractivity contribution in [3.63, 3.8) is 0 Å². The first-order valence-electron chi connectivity index (χ1n) is 5.27. The van der Waals surface area contributed by atoms with E-state index in [-0.39, 0.29) is 13.2 Å². The quantitative estimate of drug-likeness (QED) is 0.846. The molecule has 1 aromatic rings. The summed E-state index contributed by atoms with van der Waals surface area (Å²) in [5.74, 6) is -0.442. The molecule has 0 aliphatic carbocycles. The highest BCUT2D eigenvalue weighted by molar-refractivity contribution is 6.67. The van der Waals surface area contributed by atoms with Crippen molar-refractivity contribution in [1.82, 2.24) is 5.32 Å². The zero-order valence-electron chi connectivity index (χ0n) is 9.71. The molecular weight excluding hydrogens is 315 g/mol. The zero-order chi connectivity index (χ0) is 14.3. The number of amides is 1. The van der Waals surface area contributed by atoms with Gasteiger partial charge in [0.05, 0.1) is 0 Å². The second kappa shape index (κ2) is 7.58. The smallest absolute Gasteiger partial charge is 0.407 e. The molecule has 1 amide bonds. The molecule has 19 heavy (non-hydrogen) atoms. The number of carbonyl (C=O) groups excluding carboxylic acids is 1. The second-order valence-electron chi connectivity index (χ2n) is 3.49. The van der Waals surface area contributed by atoms with E-state index in [1.165, 1.54) is 6.08 Å². The molecule has 3 nitrogen and oxygen atoms in total. The highest BCUT2D eigenvalue weighted by Crippen LogP contribution is 2.25. The standard InChI is InChI=1S/C12H11Cl3FNO2/c13-12(14,15)8-19-11(18)17-7-6-10(16)9-4-2-1-3-5-9/h1-6H,7-8H2,(H,17,18)/b10-6-. The van der Waals surface area contributed by atoms with Crippen molar-refractivity contribution in [3.05, 3.63) is 42.0 Å². The molecule has 0 bridgehead atoms. The predicted octanol–water partition coefficient (Wildman–Crippen LogP) is 4.09. The Morgan fingerprint density at radius 2 is 1.95 bits per heavy atom. The molecule has 7 heteroatoms. The van der Waals surface area contributed by atoms with Crippen LogP contribution in [0.4, 0.5) is 9.18 Å². The van der Waals surface area contributed by atoms with Gasteiger partial charge in [-0.25, -0.2) is 9.18 Å². The molecule has 1 aromatic carbocycles. The lowest BCUT2D eigenvalue weighted by atomic mass is 10.2. The van der Waals surface area contributed by atoms with Crippen LogP contribution in [-0.2, 0) is 4.74 Å². The summed E-state index contributed by atoms with van der Waals surface area (Å²) in [5, 5.41) is 2.30. The van der Waals surface area contributed by atoms with Crippen LogP contribution >= 0.6 is 34.8 Å². The highest BCUT2D eigenvalue weighted by Gasteiger charge is 2.21. The number of hydrogen-bond acceptors (Lipinski definition) is 2. The summed E-state index contributed by atoms with van der Waals surface area (Å²) >= 11 is 16.2. The molecule has 1 N–H and O–H groups in total. The fraction of sp³-hybridized carbons (Fsp3) is 0.250. The number of ether oxygens (including phenoxy) is 1. The summed E-state index contributed by atoms with van der Waals surface area (Å²) in [6.45, 7) is -0.409. The number of hydrogen-bond donors (Lipinski definition) is 1. The zero-order valence-corrected chi connectivity index (χ0v) is 12.0. The van der Waals surface area contributed by atoms with Gasteiger partial charge in [0.1, 0.15) is 12.4 Å². The maximum absolute atomic E-state index is 13.6. The molecule has 1 rings (SSSR count). The number of alkyl halides is 3. The Balaban J connectivity index is 2.35. The Morgan fingerprint density at radius 3 is 2.53 bits per heavy atom. The summed E-state index contributed by atoms with van der Waals surface area (Å²) in [6.07, 6.45) is 0.426. The summed E-state index contributed by atoms with van der Waals surface area (Å²) in [5.41, 5.74) is 0.430. The minimum absolute atomic E-state index is 0.0284. The van der Waals surface area contributed by atoms with Gasteiger partial charge in [-0.05, 0) is 6.08 Å². The summed E-state index contributed by atoms with van der Waals surface area (Å²) in [4.78, 5) is 11.1. The Labute approximate surface area is 125 Å². The number of alkyl carbamates (subject to hydrolysis) is 1. The maximum Gasteiger partial charge on any atom is 0.407 e. The van der Waals surface area contributed by atoms with Crippen LogP contribution < -0.4 is 5.32 Å². The molecular formula is C12H11Cl3FNO2. The van der Waals surface area contributed by atoms with E-state index in [0.29, 0.717) is 5.56 Å². The fourth-order valence-corrected chi connectivity index (χ4v) is 1.30. The lowest BCUT2D eigenvalue weighted by Gasteiger charge is -2.11. The van der Waals surface area contributed by atoms with Crippen molar-refractivity contribution < 1.29 is 13.9 Å². The van der Waals surface area contributed by atoms with Crippen LogP contribution in [0.1, 0.15) is 5.56 Å². The van der Waals surface area contributed by atoms with Crippen molar-refractivity contribution in [3.8, 4) is 0 Å². The van der Waals surface area contributed by atoms with Crippen molar-refractivity contribution in [2.24, 2.45) is 0 Å². The van der Waals surface area contributed by atoms with Crippen LogP contribution in [-0.4, -0.2) is 23.0 Å². The average molecular weight is 327 g/mol. The molecule has 0 heterocycles. The van der Waals surface area contributed by atoms with E-state index in [2.05, 4.69) is 10.1 Å². The molecule has 0 unspecified atom stereocenters. The topological polar surface area (TPSA) is 38.3 Å². The predicted molar refractivity (Wildman–Crippen MR) is 75.2 cm³/mol. The minimum Gasteiger partial charge on any atom is -0.445 e. The molecule has 104 valence electrons. The van der Waals surface area contributed by atoms with Gasteiger partial charge >= 0.3 is 6.09 Å². The van der Waals surface area contributed by atoms with Crippen LogP contribution in [0.5, 0.6) is 0 Å². The summed E-state index contributed by atoms with van der Waals surface area (Å²) < 4.78 is 16.5. The van der Waals surface area contributed by atoms with Gasteiger partial charge in [0.25, 0.3) is 0 Å². The number of rotatable bonds is 4. The lowest BCUT2D eigenvalue weighted by molar-refractivity contribution is 0.149. The summed E-state index contributed by atoms with van der Waals surface area (Å²) in [6, 6.07) is 8.44. The molecule has 0 atom stereocenters. The molecule has 0 aromatic heterocycles. The van der Waals surface area contributed by atoms with Gasteiger partial charge in [0.15, 0.2) is 0 Å². The van der Waals surface area contributed by atoms with Crippen molar-refractivity contribution in [2.75, 3.05) is 13.2 Å². The largest absolute Gasteiger partial charge is 0.445 e. The molecule has 0 aliphatic rings. The second-order valence-corrected chi connectivity index (χ2v) is 6.01. The maximum atomic E-state index is 13.6. The van der Waals surface area contributed by atoms with E-state index in [1.807, 2.05) is 0 Å². The molecule has 0 radical (unpaired) electrons. The van der Waals surface area contributed by atoms with Gasteiger partial charge < -0.3 is 10.1 Å². The van der Waals surface area contributed by atoms with Gasteiger partial charge in [0.2, 0.25) is 3.79 Å². The van der Waals surface area contributed by atoms with Crippen LogP contribution in [0.15, 0.2) is 36.4 Å². The van der Waals surface area contributed by atoms with E-state index in [1.54, 1.807) is 30.3 Å². The van der Waals surface area contributed by atoms with Crippen LogP contribution in [0.25, 0.3) is 5.83 Å². The Bertz CT molecular complexity index is 446. The Kier molecular flexibility index (Phi) is 6.42. The van der Waals surface area contributed by atoms with Crippen LogP contribution in [0.3, 0.4) is 0 Å². The third kappa shape index (κ3) is 7.25. The first-order chi connectivity index (χ1) is 8.88. The van der Waals surface area contributed by atoms with Gasteiger partial charge in [0, 0.05) is 12.1 Å². The van der Waals surface area contributed by atoms with E-state index >= 15 is 0 Å². The van der Waals surface area contributed by atoms with E-state index < -0.39 is 15.7 Å². The highest BCUT2D eigenvalue weighted by atomic mass is 35.6. The van der Waals surface area contributed by atoms with Gasteiger partial charge in [-0.2, -0.15) is 0 Å². The lowest BCUT2D eigenvalue weighted by Crippen LogP contribution is -2.28. The molecule has 0 saturated heterocycles. The third-order valence-electron chi connectivity index (χ3n) is 1.94. The molecule has 0 fully saturated rings. The number of carbonyl (C=O) groups is 1. The summed E-state index contributed by atoms with van der Waals surface area (Å²) in [7, 11) is 0. The van der Waals surface area contributed by atoms with E-state index in [0.717, 1.165) is 0 Å². The molecule has 0 spiro atoms. The number of benzene rings is 1. The van der Waals surface area contributed by atoms with Crippen LogP contribution in [0, 0.1) is 0 Å². The normalized spacial score (nSPS) is 12.1. The molecule has 0 aliphatic heterocycles. The van der Waals surface area contributed by atoms with E-state index in [9.17, 15) is 9.18 Å². The van der Waals surface area contributed by atoms with Crippen LogP contribution in [0.2, 0.25) is 0 Å². The fourth-order valence-electron chi connectivity index (χ4n) is 1.14.